The number of nitrogens with zero attached hydrogens (tertiary/aromatic N) is 4. The fourth-order valence-corrected chi connectivity index (χ4v) is 4.04. The van der Waals surface area contributed by atoms with Gasteiger partial charge >= 0.3 is 0 Å². The second-order valence-electron chi connectivity index (χ2n) is 8.64. The number of hydrogen-bond acceptors (Lipinski definition) is 6. The first kappa shape index (κ1) is 22.0. The molecule has 0 bridgehead atoms. The second-order valence-corrected chi connectivity index (χ2v) is 14.3. The van der Waals surface area contributed by atoms with E-state index < -0.39 is 8.07 Å². The lowest BCUT2D eigenvalue weighted by molar-refractivity contribution is 0.0795. The van der Waals surface area contributed by atoms with Gasteiger partial charge in [0.25, 0.3) is 0 Å². The number of rotatable bonds is 8. The molecule has 160 valence electrons. The molecule has 0 fully saturated rings. The third-order valence-corrected chi connectivity index (χ3v) is 6.53. The Kier molecular flexibility index (Phi) is 6.57. The fraction of sp³-hybridized carbons (Fsp3) is 0.409. The van der Waals surface area contributed by atoms with E-state index in [2.05, 4.69) is 29.6 Å². The molecule has 0 atom stereocenters. The van der Waals surface area contributed by atoms with E-state index >= 15 is 0 Å². The van der Waals surface area contributed by atoms with Crippen LogP contribution in [0, 0.1) is 13.8 Å². The van der Waals surface area contributed by atoms with Gasteiger partial charge in [-0.15, -0.1) is 0 Å². The van der Waals surface area contributed by atoms with Crippen molar-refractivity contribution >= 4 is 14.0 Å². The van der Waals surface area contributed by atoms with Crippen LogP contribution in [-0.4, -0.2) is 41.5 Å². The summed E-state index contributed by atoms with van der Waals surface area (Å²) in [6.45, 7) is 12.0. The van der Waals surface area contributed by atoms with Gasteiger partial charge in [-0.05, 0) is 43.7 Å². The van der Waals surface area contributed by atoms with Crippen LogP contribution in [0.15, 0.2) is 30.3 Å². The van der Waals surface area contributed by atoms with Crippen LogP contribution in [0.4, 0.5) is 5.95 Å². The lowest BCUT2D eigenvalue weighted by Gasteiger charge is -2.16. The Bertz CT molecular complexity index is 989. The molecular weight excluding hydrogens is 394 g/mol. The SMILES string of the molecule is COc1ccc(-c2c(C)nn(COCC[Si](C)(C)C)c2-c2cc(C)nc(N)n2)cc1. The second kappa shape index (κ2) is 8.97. The van der Waals surface area contributed by atoms with Crippen molar-refractivity contribution in [2.45, 2.75) is 46.3 Å². The van der Waals surface area contributed by atoms with E-state index in [1.807, 2.05) is 48.9 Å². The van der Waals surface area contributed by atoms with Crippen molar-refractivity contribution in [2.24, 2.45) is 0 Å². The van der Waals surface area contributed by atoms with Gasteiger partial charge in [-0.1, -0.05) is 31.8 Å². The normalized spacial score (nSPS) is 11.7. The number of nitrogens with two attached hydrogens (primary N) is 1. The molecule has 2 N–H and O–H groups in total. The number of ether oxygens (including phenoxy) is 2. The predicted octanol–water partition coefficient (Wildman–Crippen LogP) is 4.53. The first-order valence-corrected chi connectivity index (χ1v) is 13.8. The molecule has 1 aromatic carbocycles. The summed E-state index contributed by atoms with van der Waals surface area (Å²) in [4.78, 5) is 8.72. The Morgan fingerprint density at radius 1 is 1.07 bits per heavy atom. The summed E-state index contributed by atoms with van der Waals surface area (Å²) in [6, 6.07) is 11.0. The molecule has 0 amide bonds. The minimum atomic E-state index is -1.16. The molecule has 0 radical (unpaired) electrons. The maximum absolute atomic E-state index is 6.00. The zero-order valence-corrected chi connectivity index (χ0v) is 19.7. The van der Waals surface area contributed by atoms with Gasteiger partial charge in [-0.25, -0.2) is 14.6 Å². The third-order valence-electron chi connectivity index (χ3n) is 4.83. The van der Waals surface area contributed by atoms with Gasteiger partial charge in [0.15, 0.2) is 0 Å². The van der Waals surface area contributed by atoms with E-state index in [0.29, 0.717) is 6.73 Å². The number of nitrogen functional groups attached to an aromatic ring is 1. The Morgan fingerprint density at radius 2 is 1.77 bits per heavy atom. The smallest absolute Gasteiger partial charge is 0.220 e. The highest BCUT2D eigenvalue weighted by Gasteiger charge is 2.21. The van der Waals surface area contributed by atoms with Crippen molar-refractivity contribution < 1.29 is 9.47 Å². The van der Waals surface area contributed by atoms with Crippen molar-refractivity contribution in [3.8, 4) is 28.3 Å². The van der Waals surface area contributed by atoms with Crippen LogP contribution >= 0.6 is 0 Å². The molecule has 3 aromatic rings. The number of benzene rings is 1. The molecule has 0 unspecified atom stereocenters. The van der Waals surface area contributed by atoms with Gasteiger partial charge in [-0.3, -0.25) is 0 Å². The van der Waals surface area contributed by atoms with Crippen LogP contribution in [0.5, 0.6) is 5.75 Å². The lowest BCUT2D eigenvalue weighted by atomic mass is 10.0. The molecule has 2 aromatic heterocycles. The quantitative estimate of drug-likeness (QED) is 0.421. The molecule has 30 heavy (non-hydrogen) atoms. The van der Waals surface area contributed by atoms with E-state index in [4.69, 9.17) is 20.3 Å². The average molecular weight is 426 g/mol. The number of anilines is 1. The zero-order valence-electron chi connectivity index (χ0n) is 18.7. The minimum absolute atomic E-state index is 0.246. The summed E-state index contributed by atoms with van der Waals surface area (Å²) in [5.74, 6) is 1.05. The zero-order chi connectivity index (χ0) is 21.9. The fourth-order valence-electron chi connectivity index (χ4n) is 3.28. The summed E-state index contributed by atoms with van der Waals surface area (Å²) in [7, 11) is 0.502. The molecule has 8 heteroatoms. The molecule has 0 aliphatic heterocycles. The van der Waals surface area contributed by atoms with Gasteiger partial charge in [0.2, 0.25) is 5.95 Å². The third kappa shape index (κ3) is 5.25. The Labute approximate surface area is 179 Å². The topological polar surface area (TPSA) is 88.1 Å². The number of aromatic nitrogens is 4. The molecule has 0 saturated carbocycles. The maximum Gasteiger partial charge on any atom is 0.220 e. The van der Waals surface area contributed by atoms with Crippen LogP contribution < -0.4 is 10.5 Å². The highest BCUT2D eigenvalue weighted by Crippen LogP contribution is 2.35. The Hall–Kier alpha value is -2.71. The van der Waals surface area contributed by atoms with Gasteiger partial charge in [0.1, 0.15) is 12.5 Å². The van der Waals surface area contributed by atoms with Gasteiger partial charge < -0.3 is 15.2 Å². The van der Waals surface area contributed by atoms with E-state index in [1.54, 1.807) is 7.11 Å². The highest BCUT2D eigenvalue weighted by atomic mass is 28.3. The van der Waals surface area contributed by atoms with Gasteiger partial charge in [0.05, 0.1) is 24.2 Å². The first-order chi connectivity index (χ1) is 14.2. The standard InChI is InChI=1S/C22H31N5O2Si/c1-15-13-19(25-22(23)24-15)21-20(17-7-9-18(28-3)10-8-17)16(2)26-27(21)14-29-11-12-30(4,5)6/h7-10,13H,11-12,14H2,1-6H3,(H2,23,24,25). The molecule has 0 saturated heterocycles. The number of hydrogen-bond donors (Lipinski definition) is 1. The first-order valence-electron chi connectivity index (χ1n) is 10.1. The van der Waals surface area contributed by atoms with Gasteiger partial charge in [0, 0.05) is 25.9 Å². The van der Waals surface area contributed by atoms with Crippen molar-refractivity contribution in [3.05, 3.63) is 41.7 Å². The molecule has 0 aliphatic carbocycles. The molecule has 0 spiro atoms. The Balaban J connectivity index is 2.04. The molecular formula is C22H31N5O2Si. The highest BCUT2D eigenvalue weighted by molar-refractivity contribution is 6.76. The van der Waals surface area contributed by atoms with Crippen LogP contribution in [0.3, 0.4) is 0 Å². The van der Waals surface area contributed by atoms with Crippen LogP contribution in [-0.2, 0) is 11.5 Å². The monoisotopic (exact) mass is 425 g/mol. The summed E-state index contributed by atoms with van der Waals surface area (Å²) in [5.41, 5.74) is 11.3. The summed E-state index contributed by atoms with van der Waals surface area (Å²) < 4.78 is 13.2. The van der Waals surface area contributed by atoms with Crippen molar-refractivity contribution in [3.63, 3.8) is 0 Å². The van der Waals surface area contributed by atoms with Crippen LogP contribution in [0.2, 0.25) is 25.7 Å². The van der Waals surface area contributed by atoms with E-state index in [-0.39, 0.29) is 5.95 Å². The largest absolute Gasteiger partial charge is 0.497 e. The lowest BCUT2D eigenvalue weighted by Crippen LogP contribution is -2.22. The molecule has 7 nitrogen and oxygen atoms in total. The maximum atomic E-state index is 6.00. The predicted molar refractivity (Wildman–Crippen MR) is 123 cm³/mol. The minimum Gasteiger partial charge on any atom is -0.497 e. The van der Waals surface area contributed by atoms with Crippen molar-refractivity contribution in [1.82, 2.24) is 19.7 Å². The van der Waals surface area contributed by atoms with E-state index in [9.17, 15) is 0 Å². The van der Waals surface area contributed by atoms with E-state index in [1.165, 1.54) is 0 Å². The Morgan fingerprint density at radius 3 is 2.37 bits per heavy atom. The molecule has 0 aliphatic rings. The molecule has 3 rings (SSSR count). The van der Waals surface area contributed by atoms with Crippen LogP contribution in [0.25, 0.3) is 22.5 Å². The van der Waals surface area contributed by atoms with E-state index in [0.717, 1.165) is 52.3 Å². The average Bonchev–Trinajstić information content (AvgIpc) is 3.00. The molecule has 2 heterocycles. The summed E-state index contributed by atoms with van der Waals surface area (Å²) in [6.07, 6.45) is 0. The number of aryl methyl sites for hydroxylation is 2. The van der Waals surface area contributed by atoms with Crippen molar-refractivity contribution in [2.75, 3.05) is 19.5 Å². The van der Waals surface area contributed by atoms with Crippen molar-refractivity contribution in [1.29, 1.82) is 0 Å². The summed E-state index contributed by atoms with van der Waals surface area (Å²) >= 11 is 0. The van der Waals surface area contributed by atoms with Gasteiger partial charge in [-0.2, -0.15) is 5.10 Å². The number of methoxy groups -OCH3 is 1. The van der Waals surface area contributed by atoms with Crippen LogP contribution in [0.1, 0.15) is 11.4 Å². The summed E-state index contributed by atoms with van der Waals surface area (Å²) in [5, 5.41) is 4.77.